The molecular formula is C18H27N5O2. The number of aryl methyl sites for hydroxylation is 1. The molecule has 7 nitrogen and oxygen atoms in total. The predicted octanol–water partition coefficient (Wildman–Crippen LogP) is 0.736. The minimum absolute atomic E-state index is 0.0215. The molecule has 2 aliphatic heterocycles. The number of nitrogens with zero attached hydrogens (tertiary/aromatic N) is 4. The van der Waals surface area contributed by atoms with E-state index in [4.69, 9.17) is 0 Å². The van der Waals surface area contributed by atoms with Crippen molar-refractivity contribution in [2.75, 3.05) is 33.2 Å². The van der Waals surface area contributed by atoms with Crippen molar-refractivity contribution in [2.24, 2.45) is 5.41 Å². The largest absolute Gasteiger partial charge is 0.341 e. The molecule has 0 bridgehead atoms. The zero-order valence-corrected chi connectivity index (χ0v) is 15.1. The highest BCUT2D eigenvalue weighted by atomic mass is 16.2. The lowest BCUT2D eigenvalue weighted by atomic mass is 9.73. The van der Waals surface area contributed by atoms with E-state index in [9.17, 15) is 9.59 Å². The van der Waals surface area contributed by atoms with E-state index in [1.54, 1.807) is 19.4 Å². The molecule has 1 N–H and O–H groups in total. The van der Waals surface area contributed by atoms with Gasteiger partial charge in [-0.05, 0) is 33.2 Å². The Morgan fingerprint density at radius 2 is 2.12 bits per heavy atom. The molecule has 0 saturated carbocycles. The van der Waals surface area contributed by atoms with Gasteiger partial charge in [0, 0.05) is 37.7 Å². The zero-order valence-electron chi connectivity index (χ0n) is 15.1. The second-order valence-corrected chi connectivity index (χ2v) is 7.35. The van der Waals surface area contributed by atoms with E-state index in [1.165, 1.54) is 0 Å². The molecule has 2 saturated heterocycles. The SMILES string of the molecule is CNCC(=O)N1CCC[C@@]2(CCC(=O)N(Cc3cnc(C)cn3)C2)C1. The molecule has 3 heterocycles. The fourth-order valence-electron chi connectivity index (χ4n) is 3.96. The van der Waals surface area contributed by atoms with Crippen LogP contribution in [0.15, 0.2) is 12.4 Å². The van der Waals surface area contributed by atoms with E-state index in [2.05, 4.69) is 15.3 Å². The van der Waals surface area contributed by atoms with Crippen LogP contribution < -0.4 is 5.32 Å². The molecule has 1 atom stereocenters. The molecule has 1 spiro atoms. The Hall–Kier alpha value is -2.02. The van der Waals surface area contributed by atoms with Crippen molar-refractivity contribution in [3.8, 4) is 0 Å². The van der Waals surface area contributed by atoms with Crippen LogP contribution in [0.4, 0.5) is 0 Å². The summed E-state index contributed by atoms with van der Waals surface area (Å²) in [4.78, 5) is 37.2. The first-order valence-corrected chi connectivity index (χ1v) is 8.99. The molecule has 0 aromatic carbocycles. The average Bonchev–Trinajstić information content (AvgIpc) is 2.61. The van der Waals surface area contributed by atoms with Gasteiger partial charge < -0.3 is 15.1 Å². The number of amides is 2. The molecule has 7 heteroatoms. The molecule has 1 aromatic heterocycles. The topological polar surface area (TPSA) is 78.4 Å². The first-order valence-electron chi connectivity index (χ1n) is 8.99. The van der Waals surface area contributed by atoms with Gasteiger partial charge in [0.15, 0.2) is 0 Å². The number of likely N-dealkylation sites (tertiary alicyclic amines) is 2. The Balaban J connectivity index is 1.69. The lowest BCUT2D eigenvalue weighted by Gasteiger charge is -2.48. The summed E-state index contributed by atoms with van der Waals surface area (Å²) in [6.07, 6.45) is 6.96. The lowest BCUT2D eigenvalue weighted by Crippen LogP contribution is -2.55. The van der Waals surface area contributed by atoms with Crippen LogP contribution in [0, 0.1) is 12.3 Å². The van der Waals surface area contributed by atoms with Crippen molar-refractivity contribution in [1.29, 1.82) is 0 Å². The predicted molar refractivity (Wildman–Crippen MR) is 93.6 cm³/mol. The summed E-state index contributed by atoms with van der Waals surface area (Å²) in [5.74, 6) is 0.320. The van der Waals surface area contributed by atoms with Crippen molar-refractivity contribution < 1.29 is 9.59 Å². The van der Waals surface area contributed by atoms with E-state index < -0.39 is 0 Å². The normalized spacial score (nSPS) is 24.0. The summed E-state index contributed by atoms with van der Waals surface area (Å²) >= 11 is 0. The molecule has 136 valence electrons. The minimum atomic E-state index is 0.0215. The fraction of sp³-hybridized carbons (Fsp3) is 0.667. The number of carbonyl (C=O) groups excluding carboxylic acids is 2. The number of hydrogen-bond acceptors (Lipinski definition) is 5. The molecule has 2 amide bonds. The third kappa shape index (κ3) is 4.15. The Morgan fingerprint density at radius 3 is 2.84 bits per heavy atom. The number of aromatic nitrogens is 2. The van der Waals surface area contributed by atoms with Crippen molar-refractivity contribution in [1.82, 2.24) is 25.1 Å². The summed E-state index contributed by atoms with van der Waals surface area (Å²) in [7, 11) is 1.79. The monoisotopic (exact) mass is 345 g/mol. The van der Waals surface area contributed by atoms with Crippen LogP contribution in [0.3, 0.4) is 0 Å². The Labute approximate surface area is 148 Å². The average molecular weight is 345 g/mol. The second kappa shape index (κ2) is 7.47. The number of carbonyl (C=O) groups is 2. The lowest BCUT2D eigenvalue weighted by molar-refractivity contribution is -0.143. The number of rotatable bonds is 4. The number of likely N-dealkylation sites (N-methyl/N-ethyl adjacent to an activating group) is 1. The molecule has 25 heavy (non-hydrogen) atoms. The van der Waals surface area contributed by atoms with Crippen LogP contribution in [-0.4, -0.2) is 64.8 Å². The molecule has 2 aliphatic rings. The van der Waals surface area contributed by atoms with E-state index >= 15 is 0 Å². The van der Waals surface area contributed by atoms with Crippen LogP contribution in [0.25, 0.3) is 0 Å². The molecule has 1 aromatic rings. The van der Waals surface area contributed by atoms with Gasteiger partial charge in [0.1, 0.15) is 0 Å². The first-order chi connectivity index (χ1) is 12.0. The maximum atomic E-state index is 12.4. The van der Waals surface area contributed by atoms with Crippen LogP contribution in [0.1, 0.15) is 37.1 Å². The van der Waals surface area contributed by atoms with Gasteiger partial charge in [0.2, 0.25) is 11.8 Å². The van der Waals surface area contributed by atoms with E-state index in [0.717, 1.165) is 43.7 Å². The third-order valence-corrected chi connectivity index (χ3v) is 5.28. The van der Waals surface area contributed by atoms with E-state index in [-0.39, 0.29) is 17.2 Å². The summed E-state index contributed by atoms with van der Waals surface area (Å²) < 4.78 is 0. The maximum absolute atomic E-state index is 12.4. The quantitative estimate of drug-likeness (QED) is 0.871. The third-order valence-electron chi connectivity index (χ3n) is 5.28. The summed E-state index contributed by atoms with van der Waals surface area (Å²) in [6, 6.07) is 0. The Kier molecular flexibility index (Phi) is 5.32. The van der Waals surface area contributed by atoms with Gasteiger partial charge in [-0.2, -0.15) is 0 Å². The zero-order chi connectivity index (χ0) is 17.9. The van der Waals surface area contributed by atoms with Gasteiger partial charge in [-0.15, -0.1) is 0 Å². The summed E-state index contributed by atoms with van der Waals surface area (Å²) in [5, 5.41) is 2.94. The smallest absolute Gasteiger partial charge is 0.236 e. The van der Waals surface area contributed by atoms with Gasteiger partial charge in [-0.1, -0.05) is 0 Å². The highest BCUT2D eigenvalue weighted by molar-refractivity contribution is 5.79. The van der Waals surface area contributed by atoms with Gasteiger partial charge >= 0.3 is 0 Å². The number of piperidine rings is 2. The van der Waals surface area contributed by atoms with Gasteiger partial charge in [-0.3, -0.25) is 19.6 Å². The molecule has 2 fully saturated rings. The summed E-state index contributed by atoms with van der Waals surface area (Å²) in [6.45, 7) is 5.04. The number of hydrogen-bond donors (Lipinski definition) is 1. The first kappa shape index (κ1) is 17.8. The van der Waals surface area contributed by atoms with Crippen molar-refractivity contribution in [2.45, 2.75) is 39.2 Å². The molecular weight excluding hydrogens is 318 g/mol. The van der Waals surface area contributed by atoms with E-state index in [1.807, 2.05) is 16.7 Å². The second-order valence-electron chi connectivity index (χ2n) is 7.35. The van der Waals surface area contributed by atoms with Gasteiger partial charge in [0.25, 0.3) is 0 Å². The molecule has 0 radical (unpaired) electrons. The minimum Gasteiger partial charge on any atom is -0.341 e. The molecule has 0 aliphatic carbocycles. The molecule has 3 rings (SSSR count). The van der Waals surface area contributed by atoms with Crippen LogP contribution >= 0.6 is 0 Å². The Morgan fingerprint density at radius 1 is 1.28 bits per heavy atom. The maximum Gasteiger partial charge on any atom is 0.236 e. The Bertz CT molecular complexity index is 633. The fourth-order valence-corrected chi connectivity index (χ4v) is 3.96. The van der Waals surface area contributed by atoms with Crippen molar-refractivity contribution in [3.05, 3.63) is 23.8 Å². The van der Waals surface area contributed by atoms with Crippen LogP contribution in [0.5, 0.6) is 0 Å². The van der Waals surface area contributed by atoms with Gasteiger partial charge in [0.05, 0.1) is 30.7 Å². The van der Waals surface area contributed by atoms with Crippen LogP contribution in [-0.2, 0) is 16.1 Å². The highest BCUT2D eigenvalue weighted by Gasteiger charge is 2.42. The highest BCUT2D eigenvalue weighted by Crippen LogP contribution is 2.39. The van der Waals surface area contributed by atoms with Crippen molar-refractivity contribution >= 4 is 11.8 Å². The van der Waals surface area contributed by atoms with E-state index in [0.29, 0.717) is 26.1 Å². The summed E-state index contributed by atoms with van der Waals surface area (Å²) in [5.41, 5.74) is 1.71. The van der Waals surface area contributed by atoms with Crippen LogP contribution in [0.2, 0.25) is 0 Å². The van der Waals surface area contributed by atoms with Crippen molar-refractivity contribution in [3.63, 3.8) is 0 Å². The number of nitrogens with one attached hydrogen (secondary N) is 1. The molecule has 0 unspecified atom stereocenters. The standard InChI is InChI=1S/C18H27N5O2/c1-14-8-21-15(9-20-14)11-23-13-18(6-4-16(23)24)5-3-7-22(12-18)17(25)10-19-2/h8-9,19H,3-7,10-13H2,1-2H3/t18-/m1/s1. The van der Waals surface area contributed by atoms with Gasteiger partial charge in [-0.25, -0.2) is 0 Å².